The molecule has 0 bridgehead atoms. The summed E-state index contributed by atoms with van der Waals surface area (Å²) in [6.45, 7) is 6.97. The van der Waals surface area contributed by atoms with E-state index in [0.717, 1.165) is 55.9 Å². The summed E-state index contributed by atoms with van der Waals surface area (Å²) < 4.78 is 6.55. The highest BCUT2D eigenvalue weighted by Gasteiger charge is 2.22. The number of ketones is 1. The highest BCUT2D eigenvalue weighted by atomic mass is 32.1. The number of aryl methyl sites for hydroxylation is 1. The molecule has 1 aromatic heterocycles. The van der Waals surface area contributed by atoms with Crippen LogP contribution in [-0.4, -0.2) is 61.0 Å². The van der Waals surface area contributed by atoms with Gasteiger partial charge in [-0.25, -0.2) is 4.98 Å². The maximum atomic E-state index is 13.8. The Bertz CT molecular complexity index is 1360. The Labute approximate surface area is 221 Å². The molecule has 5 rings (SSSR count). The molecular weight excluding hydrogens is 482 g/mol. The Kier molecular flexibility index (Phi) is 8.04. The van der Waals surface area contributed by atoms with E-state index in [1.165, 1.54) is 5.56 Å². The van der Waals surface area contributed by atoms with Crippen LogP contribution in [0.15, 0.2) is 72.8 Å². The molecule has 0 spiro atoms. The quantitative estimate of drug-likeness (QED) is 0.278. The topological polar surface area (TPSA) is 62.7 Å². The van der Waals surface area contributed by atoms with Crippen molar-refractivity contribution >= 4 is 38.4 Å². The molecule has 0 atom stereocenters. The van der Waals surface area contributed by atoms with Gasteiger partial charge in [0.1, 0.15) is 0 Å². The van der Waals surface area contributed by atoms with Crippen molar-refractivity contribution < 1.29 is 14.3 Å². The second-order valence-electron chi connectivity index (χ2n) is 9.19. The van der Waals surface area contributed by atoms with Crippen LogP contribution in [0.1, 0.15) is 45.2 Å². The van der Waals surface area contributed by atoms with Gasteiger partial charge in [-0.05, 0) is 42.7 Å². The van der Waals surface area contributed by atoms with Gasteiger partial charge < -0.3 is 4.74 Å². The van der Waals surface area contributed by atoms with Crippen LogP contribution in [0, 0.1) is 0 Å². The van der Waals surface area contributed by atoms with Crippen LogP contribution in [0.5, 0.6) is 0 Å². The number of ether oxygens (including phenoxy) is 1. The number of amides is 1. The summed E-state index contributed by atoms with van der Waals surface area (Å²) in [6.07, 6.45) is 1.80. The molecule has 0 radical (unpaired) electrons. The maximum absolute atomic E-state index is 13.8. The fourth-order valence-electron chi connectivity index (χ4n) is 4.53. The lowest BCUT2D eigenvalue weighted by atomic mass is 10.0. The molecule has 0 N–H and O–H groups in total. The summed E-state index contributed by atoms with van der Waals surface area (Å²) in [5, 5.41) is 0.708. The minimum Gasteiger partial charge on any atom is -0.379 e. The fourth-order valence-corrected chi connectivity index (χ4v) is 5.58. The average molecular weight is 514 g/mol. The molecule has 1 fully saturated rings. The van der Waals surface area contributed by atoms with Crippen molar-refractivity contribution in [3.63, 3.8) is 0 Å². The van der Waals surface area contributed by atoms with E-state index in [0.29, 0.717) is 28.4 Å². The Morgan fingerprint density at radius 1 is 0.946 bits per heavy atom. The van der Waals surface area contributed by atoms with Crippen LogP contribution in [-0.2, 0) is 11.2 Å². The van der Waals surface area contributed by atoms with Crippen LogP contribution in [0.2, 0.25) is 0 Å². The highest BCUT2D eigenvalue weighted by Crippen LogP contribution is 2.31. The summed E-state index contributed by atoms with van der Waals surface area (Å²) in [4.78, 5) is 35.6. The molecule has 0 unspecified atom stereocenters. The number of nitrogens with zero attached hydrogens (tertiary/aromatic N) is 3. The third-order valence-electron chi connectivity index (χ3n) is 6.72. The SMILES string of the molecule is CCc1ccc2nc(N(CCCN3CCOCC3)C(=O)c3ccc(C(=O)c4ccccc4)cc3)sc2c1. The van der Waals surface area contributed by atoms with Crippen LogP contribution >= 0.6 is 11.3 Å². The number of anilines is 1. The van der Waals surface area contributed by atoms with Gasteiger partial charge >= 0.3 is 0 Å². The summed E-state index contributed by atoms with van der Waals surface area (Å²) in [5.41, 5.74) is 3.91. The van der Waals surface area contributed by atoms with Gasteiger partial charge in [-0.2, -0.15) is 0 Å². The molecule has 2 heterocycles. The van der Waals surface area contributed by atoms with Gasteiger partial charge in [-0.3, -0.25) is 19.4 Å². The minimum atomic E-state index is -0.101. The van der Waals surface area contributed by atoms with Gasteiger partial charge in [0, 0.05) is 42.9 Å². The predicted octanol–water partition coefficient (Wildman–Crippen LogP) is 5.46. The zero-order chi connectivity index (χ0) is 25.6. The number of carbonyl (C=O) groups is 2. The maximum Gasteiger partial charge on any atom is 0.260 e. The largest absolute Gasteiger partial charge is 0.379 e. The Morgan fingerprint density at radius 3 is 2.38 bits per heavy atom. The normalized spacial score (nSPS) is 14.1. The monoisotopic (exact) mass is 513 g/mol. The van der Waals surface area contributed by atoms with Gasteiger partial charge in [-0.1, -0.05) is 66.8 Å². The third-order valence-corrected chi connectivity index (χ3v) is 7.76. The van der Waals surface area contributed by atoms with Crippen molar-refractivity contribution in [1.82, 2.24) is 9.88 Å². The molecule has 0 saturated carbocycles. The lowest BCUT2D eigenvalue weighted by Gasteiger charge is -2.27. The lowest BCUT2D eigenvalue weighted by Crippen LogP contribution is -2.39. The molecular formula is C30H31N3O3S. The molecule has 1 aliphatic heterocycles. The second-order valence-corrected chi connectivity index (χ2v) is 10.2. The molecule has 7 heteroatoms. The van der Waals surface area contributed by atoms with Gasteiger partial charge in [-0.15, -0.1) is 0 Å². The number of benzene rings is 3. The van der Waals surface area contributed by atoms with E-state index in [4.69, 9.17) is 9.72 Å². The van der Waals surface area contributed by atoms with Gasteiger partial charge in [0.25, 0.3) is 5.91 Å². The number of carbonyl (C=O) groups excluding carboxylic acids is 2. The molecule has 37 heavy (non-hydrogen) atoms. The minimum absolute atomic E-state index is 0.0557. The van der Waals surface area contributed by atoms with E-state index in [-0.39, 0.29) is 11.7 Å². The zero-order valence-electron chi connectivity index (χ0n) is 21.1. The predicted molar refractivity (Wildman–Crippen MR) is 149 cm³/mol. The van der Waals surface area contributed by atoms with Gasteiger partial charge in [0.05, 0.1) is 23.4 Å². The standard InChI is InChI=1S/C30H31N3O3S/c1-2-22-9-14-26-27(21-22)37-30(31-26)33(16-6-15-32-17-19-36-20-18-32)29(35)25-12-10-24(11-13-25)28(34)23-7-4-3-5-8-23/h3-5,7-14,21H,2,6,15-20H2,1H3. The van der Waals surface area contributed by atoms with E-state index in [1.807, 2.05) is 24.3 Å². The van der Waals surface area contributed by atoms with Crippen molar-refractivity contribution in [3.8, 4) is 0 Å². The number of fused-ring (bicyclic) bond motifs is 1. The summed E-state index contributed by atoms with van der Waals surface area (Å²) >= 11 is 1.56. The Morgan fingerprint density at radius 2 is 1.65 bits per heavy atom. The molecule has 1 amide bonds. The molecule has 0 aliphatic carbocycles. The first kappa shape index (κ1) is 25.3. The van der Waals surface area contributed by atoms with E-state index in [2.05, 4.69) is 24.0 Å². The fraction of sp³-hybridized carbons (Fsp3) is 0.300. The van der Waals surface area contributed by atoms with Crippen LogP contribution < -0.4 is 4.90 Å². The summed E-state index contributed by atoms with van der Waals surface area (Å²) in [7, 11) is 0. The number of aromatic nitrogens is 1. The molecule has 1 saturated heterocycles. The Balaban J connectivity index is 1.38. The molecule has 1 aliphatic rings. The molecule has 4 aromatic rings. The van der Waals surface area contributed by atoms with Crippen molar-refractivity contribution in [2.45, 2.75) is 19.8 Å². The number of morpholine rings is 1. The average Bonchev–Trinajstić information content (AvgIpc) is 3.38. The number of hydrogen-bond donors (Lipinski definition) is 0. The van der Waals surface area contributed by atoms with Gasteiger partial charge in [0.2, 0.25) is 0 Å². The van der Waals surface area contributed by atoms with E-state index in [1.54, 1.807) is 52.6 Å². The zero-order valence-corrected chi connectivity index (χ0v) is 21.9. The third kappa shape index (κ3) is 5.96. The second kappa shape index (κ2) is 11.8. The van der Waals surface area contributed by atoms with Crippen molar-refractivity contribution in [1.29, 1.82) is 0 Å². The number of thiazole rings is 1. The smallest absolute Gasteiger partial charge is 0.260 e. The number of rotatable bonds is 9. The van der Waals surface area contributed by atoms with Crippen LogP contribution in [0.4, 0.5) is 5.13 Å². The van der Waals surface area contributed by atoms with Crippen molar-refractivity contribution in [3.05, 3.63) is 95.1 Å². The first-order valence-electron chi connectivity index (χ1n) is 12.8. The van der Waals surface area contributed by atoms with Crippen LogP contribution in [0.25, 0.3) is 10.2 Å². The van der Waals surface area contributed by atoms with E-state index >= 15 is 0 Å². The van der Waals surface area contributed by atoms with Crippen molar-refractivity contribution in [2.24, 2.45) is 0 Å². The molecule has 3 aromatic carbocycles. The van der Waals surface area contributed by atoms with E-state index in [9.17, 15) is 9.59 Å². The summed E-state index contributed by atoms with van der Waals surface area (Å²) in [5.74, 6) is -0.157. The first-order valence-corrected chi connectivity index (χ1v) is 13.7. The number of hydrogen-bond acceptors (Lipinski definition) is 6. The Hall–Kier alpha value is -3.39. The summed E-state index contributed by atoms with van der Waals surface area (Å²) in [6, 6.07) is 22.4. The molecule has 190 valence electrons. The molecule has 6 nitrogen and oxygen atoms in total. The van der Waals surface area contributed by atoms with Crippen LogP contribution in [0.3, 0.4) is 0 Å². The highest BCUT2D eigenvalue weighted by molar-refractivity contribution is 7.22. The first-order chi connectivity index (χ1) is 18.1. The van der Waals surface area contributed by atoms with E-state index < -0.39 is 0 Å². The van der Waals surface area contributed by atoms with Crippen molar-refractivity contribution in [2.75, 3.05) is 44.3 Å². The van der Waals surface area contributed by atoms with Gasteiger partial charge in [0.15, 0.2) is 10.9 Å². The lowest BCUT2D eigenvalue weighted by molar-refractivity contribution is 0.0376.